The number of nitrogens with one attached hydrogen (secondary N) is 1. The highest BCUT2D eigenvalue weighted by molar-refractivity contribution is 6.33. The van der Waals surface area contributed by atoms with Crippen molar-refractivity contribution in [3.8, 4) is 6.07 Å². The first-order valence-electron chi connectivity index (χ1n) is 5.58. The van der Waals surface area contributed by atoms with Crippen LogP contribution in [-0.2, 0) is 4.79 Å². The van der Waals surface area contributed by atoms with Crippen LogP contribution >= 0.6 is 11.6 Å². The number of nitriles is 1. The Morgan fingerprint density at radius 1 is 1.26 bits per heavy atom. The Hall–Kier alpha value is -2.38. The van der Waals surface area contributed by atoms with Crippen molar-refractivity contribution in [2.24, 2.45) is 0 Å². The number of carbonyl (C=O) groups excluding carboxylic acids is 1. The third kappa shape index (κ3) is 3.09. The first-order chi connectivity index (χ1) is 9.22. The number of nitrogens with zero attached hydrogens (tertiary/aromatic N) is 2. The Bertz CT molecular complexity index is 622. The van der Waals surface area contributed by atoms with E-state index in [9.17, 15) is 4.79 Å². The quantitative estimate of drug-likeness (QED) is 0.933. The van der Waals surface area contributed by atoms with Crippen molar-refractivity contribution in [1.82, 2.24) is 4.98 Å². The number of aromatic nitrogens is 1. The normalized spacial score (nSPS) is 11.4. The zero-order valence-electron chi connectivity index (χ0n) is 9.88. The van der Waals surface area contributed by atoms with E-state index >= 15 is 0 Å². The standard InChI is InChI=1S/C14H10ClN3O/c15-12-7-4-8-17-13(12)18-14(19)11(9-16)10-5-2-1-3-6-10/h1-8,11H,(H,17,18,19). The molecule has 0 aliphatic heterocycles. The zero-order valence-corrected chi connectivity index (χ0v) is 10.6. The summed E-state index contributed by atoms with van der Waals surface area (Å²) in [4.78, 5) is 16.0. The van der Waals surface area contributed by atoms with E-state index in [1.807, 2.05) is 12.1 Å². The first-order valence-corrected chi connectivity index (χ1v) is 5.96. The lowest BCUT2D eigenvalue weighted by Crippen LogP contribution is -2.20. The second-order valence-corrected chi connectivity index (χ2v) is 4.20. The molecule has 5 heteroatoms. The van der Waals surface area contributed by atoms with Gasteiger partial charge in [0.15, 0.2) is 11.7 Å². The number of rotatable bonds is 3. The maximum atomic E-state index is 12.1. The van der Waals surface area contributed by atoms with Crippen molar-refractivity contribution in [2.75, 3.05) is 5.32 Å². The molecule has 1 aromatic carbocycles. The number of pyridine rings is 1. The smallest absolute Gasteiger partial charge is 0.247 e. The van der Waals surface area contributed by atoms with Crippen LogP contribution in [0.2, 0.25) is 5.02 Å². The van der Waals surface area contributed by atoms with E-state index in [4.69, 9.17) is 16.9 Å². The third-order valence-electron chi connectivity index (χ3n) is 2.52. The minimum atomic E-state index is -0.890. The molecule has 0 aliphatic rings. The maximum absolute atomic E-state index is 12.1. The maximum Gasteiger partial charge on any atom is 0.247 e. The van der Waals surface area contributed by atoms with Crippen molar-refractivity contribution in [1.29, 1.82) is 5.26 Å². The Labute approximate surface area is 115 Å². The molecular formula is C14H10ClN3O. The third-order valence-corrected chi connectivity index (χ3v) is 2.83. The van der Waals surface area contributed by atoms with E-state index in [2.05, 4.69) is 10.3 Å². The average Bonchev–Trinajstić information content (AvgIpc) is 2.43. The van der Waals surface area contributed by atoms with Gasteiger partial charge in [0.2, 0.25) is 5.91 Å². The molecule has 0 radical (unpaired) electrons. The van der Waals surface area contributed by atoms with Crippen LogP contribution in [0.5, 0.6) is 0 Å². The lowest BCUT2D eigenvalue weighted by molar-refractivity contribution is -0.116. The summed E-state index contributed by atoms with van der Waals surface area (Å²) in [6.45, 7) is 0. The van der Waals surface area contributed by atoms with Crippen LogP contribution in [-0.4, -0.2) is 10.9 Å². The Kier molecular flexibility index (Phi) is 4.11. The molecule has 2 rings (SSSR count). The van der Waals surface area contributed by atoms with Gasteiger partial charge in [0.05, 0.1) is 11.1 Å². The summed E-state index contributed by atoms with van der Waals surface area (Å²) in [6, 6.07) is 14.1. The highest BCUT2D eigenvalue weighted by Crippen LogP contribution is 2.21. The van der Waals surface area contributed by atoms with Crippen LogP contribution < -0.4 is 5.32 Å². The van der Waals surface area contributed by atoms with Gasteiger partial charge in [-0.2, -0.15) is 5.26 Å². The molecule has 1 atom stereocenters. The van der Waals surface area contributed by atoms with E-state index < -0.39 is 11.8 Å². The molecule has 4 nitrogen and oxygen atoms in total. The minimum absolute atomic E-state index is 0.255. The molecule has 0 aliphatic carbocycles. The summed E-state index contributed by atoms with van der Waals surface area (Å²) < 4.78 is 0. The lowest BCUT2D eigenvalue weighted by atomic mass is 10.00. The second-order valence-electron chi connectivity index (χ2n) is 3.80. The molecule has 0 bridgehead atoms. The highest BCUT2D eigenvalue weighted by Gasteiger charge is 2.20. The van der Waals surface area contributed by atoms with E-state index in [0.29, 0.717) is 10.6 Å². The fourth-order valence-corrected chi connectivity index (χ4v) is 1.77. The van der Waals surface area contributed by atoms with Crippen LogP contribution in [0, 0.1) is 11.3 Å². The fourth-order valence-electron chi connectivity index (χ4n) is 1.60. The monoisotopic (exact) mass is 271 g/mol. The number of amides is 1. The fraction of sp³-hybridized carbons (Fsp3) is 0.0714. The lowest BCUT2D eigenvalue weighted by Gasteiger charge is -2.10. The van der Waals surface area contributed by atoms with Gasteiger partial charge in [0.25, 0.3) is 0 Å². The molecule has 1 amide bonds. The summed E-state index contributed by atoms with van der Waals surface area (Å²) >= 11 is 5.90. The summed E-state index contributed by atoms with van der Waals surface area (Å²) in [5.74, 6) is -1.08. The van der Waals surface area contributed by atoms with Gasteiger partial charge >= 0.3 is 0 Å². The van der Waals surface area contributed by atoms with E-state index in [1.54, 1.807) is 36.4 Å². The van der Waals surface area contributed by atoms with E-state index in [1.165, 1.54) is 6.20 Å². The van der Waals surface area contributed by atoms with Gasteiger partial charge in [-0.1, -0.05) is 41.9 Å². The van der Waals surface area contributed by atoms with Crippen LogP contribution in [0.3, 0.4) is 0 Å². The molecular weight excluding hydrogens is 262 g/mol. The molecule has 1 N–H and O–H groups in total. The zero-order chi connectivity index (χ0) is 13.7. The number of benzene rings is 1. The summed E-state index contributed by atoms with van der Waals surface area (Å²) in [7, 11) is 0. The number of carbonyl (C=O) groups is 1. The Balaban J connectivity index is 2.20. The Morgan fingerprint density at radius 3 is 2.63 bits per heavy atom. The van der Waals surface area contributed by atoms with E-state index in [-0.39, 0.29) is 5.82 Å². The van der Waals surface area contributed by atoms with Gasteiger partial charge in [0.1, 0.15) is 0 Å². The van der Waals surface area contributed by atoms with E-state index in [0.717, 1.165) is 0 Å². The predicted octanol–water partition coefficient (Wildman–Crippen LogP) is 2.98. The minimum Gasteiger partial charge on any atom is -0.308 e. The van der Waals surface area contributed by atoms with Gasteiger partial charge in [-0.25, -0.2) is 4.98 Å². The van der Waals surface area contributed by atoms with Gasteiger partial charge in [-0.05, 0) is 17.7 Å². The molecule has 0 saturated heterocycles. The topological polar surface area (TPSA) is 65.8 Å². The molecule has 0 fully saturated rings. The van der Waals surface area contributed by atoms with Crippen LogP contribution in [0.15, 0.2) is 48.7 Å². The molecule has 94 valence electrons. The van der Waals surface area contributed by atoms with Crippen LogP contribution in [0.4, 0.5) is 5.82 Å². The molecule has 2 aromatic rings. The average molecular weight is 272 g/mol. The molecule has 1 heterocycles. The number of hydrogen-bond donors (Lipinski definition) is 1. The highest BCUT2D eigenvalue weighted by atomic mass is 35.5. The molecule has 1 unspecified atom stereocenters. The first kappa shape index (κ1) is 13.1. The predicted molar refractivity (Wildman–Crippen MR) is 72.7 cm³/mol. The van der Waals surface area contributed by atoms with Crippen molar-refractivity contribution >= 4 is 23.3 Å². The largest absolute Gasteiger partial charge is 0.308 e. The molecule has 19 heavy (non-hydrogen) atoms. The van der Waals surface area contributed by atoms with Crippen LogP contribution in [0.25, 0.3) is 0 Å². The number of hydrogen-bond acceptors (Lipinski definition) is 3. The number of halogens is 1. The summed E-state index contributed by atoms with van der Waals surface area (Å²) in [5.41, 5.74) is 0.634. The SMILES string of the molecule is N#CC(C(=O)Nc1ncccc1Cl)c1ccccc1. The summed E-state index contributed by atoms with van der Waals surface area (Å²) in [6.07, 6.45) is 1.52. The molecule has 1 aromatic heterocycles. The second kappa shape index (κ2) is 5.98. The Morgan fingerprint density at radius 2 is 2.00 bits per heavy atom. The van der Waals surface area contributed by atoms with Crippen molar-refractivity contribution < 1.29 is 4.79 Å². The van der Waals surface area contributed by atoms with Crippen molar-refractivity contribution in [3.05, 3.63) is 59.2 Å². The number of anilines is 1. The molecule has 0 spiro atoms. The van der Waals surface area contributed by atoms with Gasteiger partial charge in [-0.3, -0.25) is 4.79 Å². The molecule has 0 saturated carbocycles. The summed E-state index contributed by atoms with van der Waals surface area (Å²) in [5, 5.41) is 12.0. The van der Waals surface area contributed by atoms with Gasteiger partial charge in [-0.15, -0.1) is 0 Å². The van der Waals surface area contributed by atoms with Gasteiger partial charge in [0, 0.05) is 6.20 Å². The van der Waals surface area contributed by atoms with Gasteiger partial charge < -0.3 is 5.32 Å². The van der Waals surface area contributed by atoms with Crippen molar-refractivity contribution in [3.63, 3.8) is 0 Å². The van der Waals surface area contributed by atoms with Crippen molar-refractivity contribution in [2.45, 2.75) is 5.92 Å². The van der Waals surface area contributed by atoms with Crippen LogP contribution in [0.1, 0.15) is 11.5 Å².